The monoisotopic (exact) mass is 416 g/mol. The molecule has 4 nitrogen and oxygen atoms in total. The molecule has 0 bridgehead atoms. The van der Waals surface area contributed by atoms with Crippen molar-refractivity contribution in [3.8, 4) is 0 Å². The Morgan fingerprint density at radius 2 is 0.760 bits per heavy atom. The zero-order chi connectivity index (χ0) is 20.1. The maximum atomic E-state index is 4.87. The van der Waals surface area contributed by atoms with E-state index in [0.717, 1.165) is 19.3 Å². The number of hydrogen-bond donors (Lipinski definition) is 0. The summed E-state index contributed by atoms with van der Waals surface area (Å²) >= 11 is 0. The highest BCUT2D eigenvalue weighted by Crippen LogP contribution is 2.21. The molecule has 0 rings (SSSR count). The highest BCUT2D eigenvalue weighted by molar-refractivity contribution is 6.90. The first-order chi connectivity index (χ1) is 11.0. The average molecular weight is 417 g/mol. The highest BCUT2D eigenvalue weighted by atomic mass is 28.4. The van der Waals surface area contributed by atoms with E-state index in [-0.39, 0.29) is 0 Å². The van der Waals surface area contributed by atoms with Gasteiger partial charge in [0.2, 0.25) is 0 Å². The lowest BCUT2D eigenvalue weighted by Crippen LogP contribution is -2.55. The molecule has 0 aromatic carbocycles. The van der Waals surface area contributed by atoms with E-state index in [1.165, 1.54) is 0 Å². The Morgan fingerprint density at radius 3 is 0.960 bits per heavy atom. The lowest BCUT2D eigenvalue weighted by molar-refractivity contribution is 0.663. The van der Waals surface area contributed by atoms with Crippen molar-refractivity contribution in [2.45, 2.75) is 97.8 Å². The third-order valence-corrected chi connectivity index (χ3v) is 17.2. The summed E-state index contributed by atoms with van der Waals surface area (Å²) in [6, 6.07) is 0. The molecule has 0 radical (unpaired) electrons. The van der Waals surface area contributed by atoms with Gasteiger partial charge in [-0.05, 0) is 19.3 Å². The third kappa shape index (κ3) is 9.91. The second-order valence-electron chi connectivity index (χ2n) is 10.8. The van der Waals surface area contributed by atoms with E-state index in [1.54, 1.807) is 0 Å². The van der Waals surface area contributed by atoms with Crippen molar-refractivity contribution < 1.29 is 0 Å². The fourth-order valence-corrected chi connectivity index (χ4v) is 21.1. The molecular formula is C17H44N4Si4. The number of unbranched alkanes of at least 4 members (excludes halogenated alkanes) is 2. The van der Waals surface area contributed by atoms with Gasteiger partial charge >= 0.3 is 0 Å². The van der Waals surface area contributed by atoms with Crippen LogP contribution >= 0.6 is 0 Å². The molecule has 0 saturated heterocycles. The topological polar surface area (TPSA) is 31.2 Å². The van der Waals surface area contributed by atoms with Crippen LogP contribution in [0, 0.1) is 0 Å². The lowest BCUT2D eigenvalue weighted by atomic mass is 10.3. The van der Waals surface area contributed by atoms with Crippen LogP contribution in [-0.4, -0.2) is 54.1 Å². The van der Waals surface area contributed by atoms with Crippen molar-refractivity contribution in [1.82, 2.24) is 8.68 Å². The quantitative estimate of drug-likeness (QED) is 0.187. The molecular weight excluding hydrogens is 373 g/mol. The summed E-state index contributed by atoms with van der Waals surface area (Å²) in [4.78, 5) is 0. The van der Waals surface area contributed by atoms with Gasteiger partial charge in [-0.2, -0.15) is 0 Å². The summed E-state index contributed by atoms with van der Waals surface area (Å²) in [7, 11) is -5.52. The van der Waals surface area contributed by atoms with Crippen LogP contribution < -0.4 is 0 Å². The molecule has 25 heavy (non-hydrogen) atoms. The minimum absolute atomic E-state index is 1.04. The van der Waals surface area contributed by atoms with E-state index < -0.39 is 32.9 Å². The smallest absolute Gasteiger partial charge is 0.158 e. The van der Waals surface area contributed by atoms with E-state index in [9.17, 15) is 0 Å². The Balaban J connectivity index is 4.59. The largest absolute Gasteiger partial charge is 0.350 e. The zero-order valence-corrected chi connectivity index (χ0v) is 23.1. The molecule has 8 heteroatoms. The molecule has 0 saturated carbocycles. The molecule has 0 aromatic rings. The second kappa shape index (κ2) is 9.14. The van der Waals surface area contributed by atoms with Crippen molar-refractivity contribution in [2.75, 3.05) is 0 Å². The molecule has 0 unspecified atom stereocenters. The van der Waals surface area contributed by atoms with Crippen molar-refractivity contribution in [1.29, 1.82) is 0 Å². The molecule has 0 atom stereocenters. The van der Waals surface area contributed by atoms with Crippen LogP contribution in [0.5, 0.6) is 0 Å². The van der Waals surface area contributed by atoms with Crippen LogP contribution in [0.4, 0.5) is 0 Å². The van der Waals surface area contributed by atoms with Gasteiger partial charge in [0.05, 0.1) is 0 Å². The minimum Gasteiger partial charge on any atom is -0.350 e. The first kappa shape index (κ1) is 24.8. The number of hydrazone groups is 2. The number of hydrogen-bond acceptors (Lipinski definition) is 4. The van der Waals surface area contributed by atoms with E-state index in [1.807, 2.05) is 0 Å². The van der Waals surface area contributed by atoms with Gasteiger partial charge in [-0.15, -0.1) is 0 Å². The third-order valence-electron chi connectivity index (χ3n) is 3.60. The summed E-state index contributed by atoms with van der Waals surface area (Å²) in [6.45, 7) is 28.6. The maximum Gasteiger partial charge on any atom is 0.158 e. The maximum absolute atomic E-state index is 4.87. The minimum atomic E-state index is -1.38. The Bertz CT molecular complexity index is 381. The van der Waals surface area contributed by atoms with Gasteiger partial charge in [0, 0.05) is 12.4 Å². The van der Waals surface area contributed by atoms with Gasteiger partial charge < -0.3 is 8.68 Å². The molecule has 0 heterocycles. The molecule has 0 spiro atoms. The Morgan fingerprint density at radius 1 is 0.520 bits per heavy atom. The number of rotatable bonds is 10. The van der Waals surface area contributed by atoms with Gasteiger partial charge in [0.1, 0.15) is 0 Å². The summed E-state index contributed by atoms with van der Waals surface area (Å²) in [5.41, 5.74) is 0. The second-order valence-corrected chi connectivity index (χ2v) is 30.8. The van der Waals surface area contributed by atoms with Crippen LogP contribution in [0.15, 0.2) is 10.2 Å². The van der Waals surface area contributed by atoms with Gasteiger partial charge in [-0.1, -0.05) is 78.6 Å². The SMILES string of the molecule is C[Si](C)(C)N(/N=C/CCC/C=N/N([Si](C)(C)C)[Si](C)(C)C)[Si](C)(C)C. The molecule has 0 aromatic heterocycles. The Kier molecular flexibility index (Phi) is 9.07. The summed E-state index contributed by atoms with van der Waals surface area (Å²) < 4.78 is 4.96. The van der Waals surface area contributed by atoms with Gasteiger partial charge in [-0.25, -0.2) is 10.2 Å². The van der Waals surface area contributed by atoms with E-state index in [2.05, 4.69) is 99.7 Å². The van der Waals surface area contributed by atoms with Gasteiger partial charge in [0.15, 0.2) is 32.9 Å². The normalized spacial score (nSPS) is 14.6. The van der Waals surface area contributed by atoms with Crippen molar-refractivity contribution in [2.24, 2.45) is 10.2 Å². The zero-order valence-electron chi connectivity index (χ0n) is 19.1. The highest BCUT2D eigenvalue weighted by Gasteiger charge is 2.34. The van der Waals surface area contributed by atoms with Gasteiger partial charge in [0.25, 0.3) is 0 Å². The molecule has 0 aliphatic rings. The molecule has 0 aliphatic heterocycles. The van der Waals surface area contributed by atoms with Crippen LogP contribution in [0.2, 0.25) is 78.6 Å². The summed E-state index contributed by atoms with van der Waals surface area (Å²) in [6.07, 6.45) is 7.48. The Hall–Kier alpha value is -0.192. The first-order valence-electron chi connectivity index (χ1n) is 9.63. The molecule has 0 N–H and O–H groups in total. The standard InChI is InChI=1S/C17H44N4Si4/c1-22(2,3)20(23(4,5)6)18-16-14-13-15-17-19-21(24(7,8)9)25(10,11)12/h16-17H,13-15H2,1-12H3/b18-16+,19-17+. The average Bonchev–Trinajstić information content (AvgIpc) is 2.30. The van der Waals surface area contributed by atoms with Crippen LogP contribution in [0.1, 0.15) is 19.3 Å². The van der Waals surface area contributed by atoms with Crippen molar-refractivity contribution in [3.05, 3.63) is 0 Å². The van der Waals surface area contributed by atoms with Gasteiger partial charge in [-0.3, -0.25) is 0 Å². The predicted octanol–water partition coefficient (Wildman–Crippen LogP) is 6.07. The summed E-state index contributed by atoms with van der Waals surface area (Å²) in [5, 5.41) is 9.74. The summed E-state index contributed by atoms with van der Waals surface area (Å²) in [5.74, 6) is 0. The van der Waals surface area contributed by atoms with E-state index >= 15 is 0 Å². The molecule has 0 fully saturated rings. The molecule has 0 amide bonds. The number of nitrogens with zero attached hydrogens (tertiary/aromatic N) is 4. The lowest BCUT2D eigenvalue weighted by Gasteiger charge is -2.41. The van der Waals surface area contributed by atoms with E-state index in [0.29, 0.717) is 0 Å². The van der Waals surface area contributed by atoms with Crippen molar-refractivity contribution in [3.63, 3.8) is 0 Å². The fourth-order valence-electron chi connectivity index (χ4n) is 3.28. The Labute approximate surface area is 162 Å². The molecule has 148 valence electrons. The van der Waals surface area contributed by atoms with Crippen LogP contribution in [0.25, 0.3) is 0 Å². The van der Waals surface area contributed by atoms with Crippen LogP contribution in [0.3, 0.4) is 0 Å². The van der Waals surface area contributed by atoms with E-state index in [4.69, 9.17) is 10.2 Å². The molecule has 0 aliphatic carbocycles. The first-order valence-corrected chi connectivity index (χ1v) is 23.4. The predicted molar refractivity (Wildman–Crippen MR) is 128 cm³/mol. The van der Waals surface area contributed by atoms with Crippen LogP contribution in [-0.2, 0) is 0 Å². The fraction of sp³-hybridized carbons (Fsp3) is 0.882. The van der Waals surface area contributed by atoms with Crippen molar-refractivity contribution >= 4 is 45.4 Å².